The molecular weight excluding hydrogens is 671 g/mol. The highest BCUT2D eigenvalue weighted by atomic mass is 35.5. The number of nitrogens with zero attached hydrogens (tertiary/aromatic N) is 7. The zero-order valence-electron chi connectivity index (χ0n) is 28.0. The number of pyridine rings is 2. The zero-order valence-corrected chi connectivity index (χ0v) is 30.3. The van der Waals surface area contributed by atoms with E-state index in [1.54, 1.807) is 13.0 Å². The standard InChI is InChI=1S/C16H18ClN5.C11H7Cl2N3.C5H12N2.C2H6O/c1-10-18-14-12-9-11(17)3-4-13(12)20-16(15(14)19-10)22-7-5-21(2)6-8-22;1-5-14-9-7-4-6(12)2-3-8(7)16-11(13)10(9)15-5;1-7-4-2-6-3-5-7;1-2-3/h3-4,9H,5-8H2,1-2H3,(H,18,19);2-4H,1H3,(H,14,15);6H,2-5H2,1H3;3H,2H2,1H3. The highest BCUT2D eigenvalue weighted by molar-refractivity contribution is 6.35. The number of imidazole rings is 2. The average Bonchev–Trinajstić information content (AvgIpc) is 3.66. The Labute approximate surface area is 295 Å². The molecule has 4 aromatic heterocycles. The quantitative estimate of drug-likeness (QED) is 0.150. The van der Waals surface area contributed by atoms with Gasteiger partial charge in [0.1, 0.15) is 33.7 Å². The Balaban J connectivity index is 0.000000151. The molecular formula is C34H43Cl3N10O. The van der Waals surface area contributed by atoms with Crippen LogP contribution in [0.1, 0.15) is 18.6 Å². The number of piperazine rings is 2. The molecule has 6 aromatic rings. The van der Waals surface area contributed by atoms with Crippen LogP contribution in [0.2, 0.25) is 15.2 Å². The Bertz CT molecular complexity index is 1980. The average molecular weight is 714 g/mol. The SMILES string of the molecule is CCO.CN1CCNCC1.Cc1nc2c([nH]1)c(Cl)nc1ccc(Cl)cc12.Cc1nc2c([nH]1)c(N1CCN(C)CC1)nc1ccc(Cl)cc12. The Morgan fingerprint density at radius 3 is 1.69 bits per heavy atom. The van der Waals surface area contributed by atoms with Gasteiger partial charge in [0.15, 0.2) is 11.0 Å². The topological polar surface area (TPSA) is 125 Å². The lowest BCUT2D eigenvalue weighted by molar-refractivity contribution is 0.291. The minimum Gasteiger partial charge on any atom is -0.397 e. The van der Waals surface area contributed by atoms with Crippen LogP contribution >= 0.6 is 34.8 Å². The molecule has 0 spiro atoms. The normalized spacial score (nSPS) is 15.6. The second-order valence-corrected chi connectivity index (χ2v) is 13.1. The van der Waals surface area contributed by atoms with Gasteiger partial charge in [-0.05, 0) is 71.3 Å². The van der Waals surface area contributed by atoms with E-state index >= 15 is 0 Å². The molecule has 11 nitrogen and oxygen atoms in total. The molecule has 8 rings (SSSR count). The number of rotatable bonds is 1. The molecule has 2 aliphatic rings. The summed E-state index contributed by atoms with van der Waals surface area (Å²) < 4.78 is 0. The number of likely N-dealkylation sites (N-methyl/N-ethyl adjacent to an activating group) is 2. The van der Waals surface area contributed by atoms with Crippen LogP contribution in [0.15, 0.2) is 36.4 Å². The lowest BCUT2D eigenvalue weighted by Crippen LogP contribution is -2.44. The van der Waals surface area contributed by atoms with Crippen molar-refractivity contribution in [3.8, 4) is 0 Å². The van der Waals surface area contributed by atoms with Crippen LogP contribution in [-0.4, -0.2) is 118 Å². The Hall–Kier alpha value is -3.29. The molecule has 256 valence electrons. The highest BCUT2D eigenvalue weighted by Crippen LogP contribution is 2.32. The minimum absolute atomic E-state index is 0.250. The zero-order chi connectivity index (χ0) is 34.4. The van der Waals surface area contributed by atoms with Crippen LogP contribution < -0.4 is 10.2 Å². The molecule has 2 fully saturated rings. The molecule has 2 aromatic carbocycles. The maximum Gasteiger partial charge on any atom is 0.155 e. The first kappa shape index (κ1) is 36.0. The maximum atomic E-state index is 7.57. The molecule has 2 saturated heterocycles. The van der Waals surface area contributed by atoms with Gasteiger partial charge in [0.2, 0.25) is 0 Å². The second-order valence-electron chi connectivity index (χ2n) is 11.9. The van der Waals surface area contributed by atoms with Crippen LogP contribution in [0.3, 0.4) is 0 Å². The van der Waals surface area contributed by atoms with Crippen LogP contribution in [0.4, 0.5) is 5.82 Å². The number of benzene rings is 2. The fraction of sp³-hybridized carbons (Fsp3) is 0.412. The van der Waals surface area contributed by atoms with Gasteiger partial charge in [-0.3, -0.25) is 0 Å². The first-order valence-corrected chi connectivity index (χ1v) is 17.2. The maximum absolute atomic E-state index is 7.57. The van der Waals surface area contributed by atoms with E-state index in [1.807, 2.05) is 44.2 Å². The number of fused-ring (bicyclic) bond motifs is 6. The first-order valence-electron chi connectivity index (χ1n) is 16.1. The Morgan fingerprint density at radius 1 is 0.688 bits per heavy atom. The van der Waals surface area contributed by atoms with E-state index < -0.39 is 0 Å². The van der Waals surface area contributed by atoms with Gasteiger partial charge in [-0.25, -0.2) is 19.9 Å². The molecule has 2 aliphatic heterocycles. The van der Waals surface area contributed by atoms with Gasteiger partial charge in [0.25, 0.3) is 0 Å². The van der Waals surface area contributed by atoms with Crippen molar-refractivity contribution in [3.63, 3.8) is 0 Å². The van der Waals surface area contributed by atoms with Crippen molar-refractivity contribution in [2.45, 2.75) is 20.8 Å². The molecule has 0 amide bonds. The summed E-state index contributed by atoms with van der Waals surface area (Å²) in [5.74, 6) is 2.71. The smallest absolute Gasteiger partial charge is 0.155 e. The van der Waals surface area contributed by atoms with Crippen molar-refractivity contribution in [1.82, 2.24) is 45.0 Å². The summed E-state index contributed by atoms with van der Waals surface area (Å²) in [5.41, 5.74) is 5.28. The van der Waals surface area contributed by atoms with Crippen LogP contribution in [0.25, 0.3) is 43.9 Å². The Morgan fingerprint density at radius 2 is 1.17 bits per heavy atom. The van der Waals surface area contributed by atoms with Crippen molar-refractivity contribution in [2.24, 2.45) is 0 Å². The molecule has 0 unspecified atom stereocenters. The summed E-state index contributed by atoms with van der Waals surface area (Å²) in [7, 11) is 4.31. The predicted octanol–water partition coefficient (Wildman–Crippen LogP) is 6.07. The fourth-order valence-corrected chi connectivity index (χ4v) is 6.20. The number of H-pyrrole nitrogens is 2. The van der Waals surface area contributed by atoms with Crippen molar-refractivity contribution < 1.29 is 5.11 Å². The number of aromatic amines is 2. The number of aliphatic hydroxyl groups excluding tert-OH is 1. The molecule has 6 heterocycles. The number of anilines is 1. The summed E-state index contributed by atoms with van der Waals surface area (Å²) >= 11 is 18.2. The monoisotopic (exact) mass is 712 g/mol. The van der Waals surface area contributed by atoms with Gasteiger partial charge in [-0.2, -0.15) is 0 Å². The molecule has 14 heteroatoms. The van der Waals surface area contributed by atoms with Gasteiger partial charge in [-0.1, -0.05) is 34.8 Å². The van der Waals surface area contributed by atoms with E-state index in [4.69, 9.17) is 44.9 Å². The molecule has 0 aliphatic carbocycles. The van der Waals surface area contributed by atoms with Gasteiger partial charge >= 0.3 is 0 Å². The molecule has 4 N–H and O–H groups in total. The predicted molar refractivity (Wildman–Crippen MR) is 200 cm³/mol. The molecule has 0 radical (unpaired) electrons. The number of halogens is 3. The summed E-state index contributed by atoms with van der Waals surface area (Å²) in [4.78, 5) is 31.7. The number of nitrogens with one attached hydrogen (secondary N) is 3. The number of aromatic nitrogens is 6. The van der Waals surface area contributed by atoms with E-state index in [1.165, 1.54) is 13.1 Å². The molecule has 0 bridgehead atoms. The lowest BCUT2D eigenvalue weighted by atomic mass is 10.1. The van der Waals surface area contributed by atoms with Crippen LogP contribution in [-0.2, 0) is 0 Å². The summed E-state index contributed by atoms with van der Waals surface area (Å²) in [5, 5.41) is 14.6. The van der Waals surface area contributed by atoms with E-state index in [2.05, 4.69) is 59.0 Å². The lowest BCUT2D eigenvalue weighted by Gasteiger charge is -2.33. The minimum atomic E-state index is 0.250. The molecule has 0 saturated carbocycles. The van der Waals surface area contributed by atoms with Gasteiger partial charge in [-0.15, -0.1) is 0 Å². The van der Waals surface area contributed by atoms with Crippen molar-refractivity contribution in [3.05, 3.63) is 63.2 Å². The third-order valence-electron chi connectivity index (χ3n) is 8.09. The summed E-state index contributed by atoms with van der Waals surface area (Å²) in [6.45, 7) is 14.6. The third kappa shape index (κ3) is 8.64. The Kier molecular flexibility index (Phi) is 12.3. The first-order chi connectivity index (χ1) is 23.1. The van der Waals surface area contributed by atoms with Gasteiger partial charge in [0.05, 0.1) is 11.0 Å². The van der Waals surface area contributed by atoms with E-state index in [0.29, 0.717) is 15.2 Å². The van der Waals surface area contributed by atoms with Crippen molar-refractivity contribution in [2.75, 3.05) is 78.0 Å². The highest BCUT2D eigenvalue weighted by Gasteiger charge is 2.21. The largest absolute Gasteiger partial charge is 0.397 e. The van der Waals surface area contributed by atoms with E-state index in [0.717, 1.165) is 101 Å². The van der Waals surface area contributed by atoms with Crippen LogP contribution in [0.5, 0.6) is 0 Å². The number of hydrogen-bond donors (Lipinski definition) is 4. The molecule has 48 heavy (non-hydrogen) atoms. The number of hydrogen-bond acceptors (Lipinski definition) is 9. The summed E-state index contributed by atoms with van der Waals surface area (Å²) in [6.07, 6.45) is 0. The summed E-state index contributed by atoms with van der Waals surface area (Å²) in [6, 6.07) is 11.3. The van der Waals surface area contributed by atoms with Crippen molar-refractivity contribution >= 4 is 84.5 Å². The van der Waals surface area contributed by atoms with E-state index in [-0.39, 0.29) is 6.61 Å². The fourth-order valence-electron chi connectivity index (χ4n) is 5.63. The van der Waals surface area contributed by atoms with Crippen molar-refractivity contribution in [1.29, 1.82) is 0 Å². The third-order valence-corrected chi connectivity index (χ3v) is 8.83. The van der Waals surface area contributed by atoms with Crippen LogP contribution in [0, 0.1) is 13.8 Å². The second kappa shape index (κ2) is 16.4. The van der Waals surface area contributed by atoms with E-state index in [9.17, 15) is 0 Å². The number of aliphatic hydroxyl groups is 1. The number of aryl methyl sites for hydroxylation is 2. The molecule has 0 atom stereocenters. The van der Waals surface area contributed by atoms with Gasteiger partial charge < -0.3 is 35.1 Å². The van der Waals surface area contributed by atoms with Gasteiger partial charge in [0, 0.05) is 79.8 Å².